The number of benzene rings is 2. The number of nitrogens with one attached hydrogen (secondary N) is 2. The van der Waals surface area contributed by atoms with Crippen molar-refractivity contribution >= 4 is 27.1 Å². The number of sulfonamides is 1. The van der Waals surface area contributed by atoms with Crippen molar-refractivity contribution in [2.24, 2.45) is 0 Å². The van der Waals surface area contributed by atoms with Crippen molar-refractivity contribution in [3.63, 3.8) is 0 Å². The molecule has 2 aromatic carbocycles. The first-order valence-electron chi connectivity index (χ1n) is 11.1. The lowest BCUT2D eigenvalue weighted by atomic mass is 10.00. The molecule has 0 unspecified atom stereocenters. The summed E-state index contributed by atoms with van der Waals surface area (Å²) in [6, 6.07) is 14.6. The number of hydrogen-bond acceptors (Lipinski definition) is 4. The number of amides is 1. The van der Waals surface area contributed by atoms with Crippen molar-refractivity contribution in [1.29, 1.82) is 0 Å². The number of carboxylic acid groups (broad SMARTS) is 1. The van der Waals surface area contributed by atoms with Gasteiger partial charge < -0.3 is 15.4 Å². The molecule has 0 bridgehead atoms. The van der Waals surface area contributed by atoms with Gasteiger partial charge in [0.2, 0.25) is 10.0 Å². The molecule has 1 amide bonds. The zero-order valence-electron chi connectivity index (χ0n) is 18.6. The molecule has 0 aliphatic carbocycles. The number of pyridine rings is 1. The topological polar surface area (TPSA) is 115 Å². The summed E-state index contributed by atoms with van der Waals surface area (Å²) >= 11 is 0. The first-order valence-corrected chi connectivity index (χ1v) is 12.6. The molecule has 35 heavy (non-hydrogen) atoms. The summed E-state index contributed by atoms with van der Waals surface area (Å²) in [7, 11) is -3.86. The van der Waals surface area contributed by atoms with Crippen LogP contribution >= 0.6 is 0 Å². The van der Waals surface area contributed by atoms with Gasteiger partial charge in [-0.1, -0.05) is 30.3 Å². The second kappa shape index (κ2) is 9.12. The van der Waals surface area contributed by atoms with E-state index in [0.717, 1.165) is 5.39 Å². The lowest BCUT2D eigenvalue weighted by molar-refractivity contribution is 0.183. The summed E-state index contributed by atoms with van der Waals surface area (Å²) in [5.41, 5.74) is 2.57. The molecule has 10 heteroatoms. The number of aromatic nitrogens is 2. The predicted molar refractivity (Wildman–Crippen MR) is 130 cm³/mol. The summed E-state index contributed by atoms with van der Waals surface area (Å²) < 4.78 is 43.5. The van der Waals surface area contributed by atoms with Gasteiger partial charge in [-0.25, -0.2) is 22.6 Å². The largest absolute Gasteiger partial charge is 0.465 e. The first-order chi connectivity index (χ1) is 16.8. The molecule has 0 saturated carbocycles. The summed E-state index contributed by atoms with van der Waals surface area (Å²) in [5.74, 6) is -0.480. The Balaban J connectivity index is 1.45. The molecule has 1 saturated heterocycles. The normalized spacial score (nSPS) is 15.3. The number of fused-ring (bicyclic) bond motifs is 1. The van der Waals surface area contributed by atoms with Crippen LogP contribution in [0, 0.1) is 5.82 Å². The van der Waals surface area contributed by atoms with Crippen molar-refractivity contribution in [3.05, 3.63) is 72.8 Å². The molecule has 1 fully saturated rings. The smallest absolute Gasteiger partial charge is 0.404 e. The van der Waals surface area contributed by atoms with Crippen LogP contribution in [-0.4, -0.2) is 53.0 Å². The van der Waals surface area contributed by atoms with Crippen LogP contribution < -0.4 is 5.32 Å². The van der Waals surface area contributed by atoms with E-state index in [1.165, 1.54) is 16.4 Å². The van der Waals surface area contributed by atoms with Crippen LogP contribution in [0.4, 0.5) is 9.18 Å². The second-order valence-electron chi connectivity index (χ2n) is 8.46. The first kappa shape index (κ1) is 23.0. The molecule has 5 rings (SSSR count). The van der Waals surface area contributed by atoms with Gasteiger partial charge in [-0.05, 0) is 42.7 Å². The average molecular weight is 495 g/mol. The van der Waals surface area contributed by atoms with Crippen LogP contribution in [0.2, 0.25) is 0 Å². The summed E-state index contributed by atoms with van der Waals surface area (Å²) in [4.78, 5) is 18.3. The van der Waals surface area contributed by atoms with Gasteiger partial charge in [-0.2, -0.15) is 4.31 Å². The zero-order valence-corrected chi connectivity index (χ0v) is 19.4. The lowest BCUT2D eigenvalue weighted by Gasteiger charge is -2.31. The van der Waals surface area contributed by atoms with E-state index in [0.29, 0.717) is 40.7 Å². The molecule has 3 N–H and O–H groups in total. The Morgan fingerprint density at radius 1 is 1.06 bits per heavy atom. The standard InChI is InChI=1S/C25H23FN4O4S/c26-22-14-16(5-6-20(22)18-13-17-7-10-27-24(17)28-15-18)21-3-1-2-4-23(21)35(33,34)30-11-8-19(9-12-30)29-25(31)32/h1-7,10,13-15,19,29H,8-9,11-12H2,(H,27,28)(H,31,32). The van der Waals surface area contributed by atoms with Crippen LogP contribution in [0.25, 0.3) is 33.3 Å². The maximum atomic E-state index is 15.2. The van der Waals surface area contributed by atoms with Crippen LogP contribution in [0.3, 0.4) is 0 Å². The highest BCUT2D eigenvalue weighted by molar-refractivity contribution is 7.89. The Morgan fingerprint density at radius 2 is 1.83 bits per heavy atom. The van der Waals surface area contributed by atoms with Crippen molar-refractivity contribution in [2.45, 2.75) is 23.8 Å². The maximum Gasteiger partial charge on any atom is 0.404 e. The third-order valence-corrected chi connectivity index (χ3v) is 8.23. The number of carbonyl (C=O) groups is 1. The number of rotatable bonds is 5. The van der Waals surface area contributed by atoms with Gasteiger partial charge in [-0.15, -0.1) is 0 Å². The van der Waals surface area contributed by atoms with E-state index in [9.17, 15) is 13.2 Å². The van der Waals surface area contributed by atoms with Crippen LogP contribution in [0.15, 0.2) is 71.9 Å². The summed E-state index contributed by atoms with van der Waals surface area (Å²) in [6.07, 6.45) is 3.01. The molecule has 4 aromatic rings. The fourth-order valence-corrected chi connectivity index (χ4v) is 6.17. The Hall–Kier alpha value is -3.76. The number of aromatic amines is 1. The molecule has 0 radical (unpaired) electrons. The lowest BCUT2D eigenvalue weighted by Crippen LogP contribution is -2.46. The Bertz CT molecular complexity index is 1510. The van der Waals surface area contributed by atoms with Crippen molar-refractivity contribution in [1.82, 2.24) is 19.6 Å². The van der Waals surface area contributed by atoms with Gasteiger partial charge in [0.1, 0.15) is 11.5 Å². The molecular formula is C25H23FN4O4S. The number of piperidine rings is 1. The predicted octanol–water partition coefficient (Wildman–Crippen LogP) is 4.46. The summed E-state index contributed by atoms with van der Waals surface area (Å²) in [5, 5.41) is 12.2. The molecule has 2 aromatic heterocycles. The number of halogens is 1. The SMILES string of the molecule is O=C(O)NC1CCN(S(=O)(=O)c2ccccc2-c2ccc(-c3cnc4[nH]ccc4c3)c(F)c2)CC1. The summed E-state index contributed by atoms with van der Waals surface area (Å²) in [6.45, 7) is 0.396. The quantitative estimate of drug-likeness (QED) is 0.379. The van der Waals surface area contributed by atoms with E-state index in [4.69, 9.17) is 5.11 Å². The van der Waals surface area contributed by atoms with E-state index in [1.54, 1.807) is 42.7 Å². The van der Waals surface area contributed by atoms with E-state index >= 15 is 4.39 Å². The van der Waals surface area contributed by atoms with Gasteiger partial charge >= 0.3 is 6.09 Å². The number of hydrogen-bond donors (Lipinski definition) is 3. The van der Waals surface area contributed by atoms with E-state index in [2.05, 4.69) is 15.3 Å². The van der Waals surface area contributed by atoms with Crippen LogP contribution in [0.1, 0.15) is 12.8 Å². The fraction of sp³-hybridized carbons (Fsp3) is 0.200. The molecule has 0 spiro atoms. The van der Waals surface area contributed by atoms with Crippen molar-refractivity contribution < 1.29 is 22.7 Å². The third kappa shape index (κ3) is 4.50. The van der Waals surface area contributed by atoms with Gasteiger partial charge in [0.05, 0.1) is 4.90 Å². The third-order valence-electron chi connectivity index (χ3n) is 6.28. The molecular weight excluding hydrogens is 471 g/mol. The Morgan fingerprint density at radius 3 is 2.57 bits per heavy atom. The van der Waals surface area contributed by atoms with E-state index < -0.39 is 21.9 Å². The second-order valence-corrected chi connectivity index (χ2v) is 10.4. The molecule has 1 aliphatic heterocycles. The highest BCUT2D eigenvalue weighted by atomic mass is 32.2. The van der Waals surface area contributed by atoms with E-state index in [-0.39, 0.29) is 24.0 Å². The molecule has 1 aliphatic rings. The fourth-order valence-electron chi connectivity index (χ4n) is 4.49. The Labute approximate surface area is 201 Å². The molecule has 180 valence electrons. The highest BCUT2D eigenvalue weighted by Gasteiger charge is 2.31. The van der Waals surface area contributed by atoms with E-state index in [1.807, 2.05) is 12.1 Å². The van der Waals surface area contributed by atoms with Gasteiger partial charge in [0.25, 0.3) is 0 Å². The zero-order chi connectivity index (χ0) is 24.6. The Kier molecular flexibility index (Phi) is 6.00. The van der Waals surface area contributed by atoms with Crippen molar-refractivity contribution in [3.8, 4) is 22.3 Å². The minimum atomic E-state index is -3.86. The van der Waals surface area contributed by atoms with Crippen molar-refractivity contribution in [2.75, 3.05) is 13.1 Å². The van der Waals surface area contributed by atoms with Gasteiger partial charge in [0.15, 0.2) is 0 Å². The number of H-pyrrole nitrogens is 1. The highest BCUT2D eigenvalue weighted by Crippen LogP contribution is 2.34. The van der Waals surface area contributed by atoms with Gasteiger partial charge in [0, 0.05) is 53.6 Å². The minimum absolute atomic E-state index is 0.0900. The van der Waals surface area contributed by atoms with Crippen LogP contribution in [0.5, 0.6) is 0 Å². The molecule has 8 nitrogen and oxygen atoms in total. The van der Waals surface area contributed by atoms with Crippen LogP contribution in [-0.2, 0) is 10.0 Å². The molecule has 0 atom stereocenters. The molecule has 3 heterocycles. The number of nitrogens with zero attached hydrogens (tertiary/aromatic N) is 2. The monoisotopic (exact) mass is 494 g/mol. The average Bonchev–Trinajstić information content (AvgIpc) is 3.32. The maximum absolute atomic E-state index is 15.2. The minimum Gasteiger partial charge on any atom is -0.465 e. The van der Waals surface area contributed by atoms with Gasteiger partial charge in [-0.3, -0.25) is 0 Å².